The standard InChI is InChI=1S/C18H16N4O/c1-13-6-5-7-14(10-13)12-19-22-18-20-16(11-17(23)21-18)15-8-3-2-4-9-15/h2-12H,1H3,(H2,20,21,22,23)/b19-12-. The fourth-order valence-electron chi connectivity index (χ4n) is 2.19. The number of aryl methyl sites for hydroxylation is 1. The van der Waals surface area contributed by atoms with E-state index in [9.17, 15) is 4.79 Å². The lowest BCUT2D eigenvalue weighted by Crippen LogP contribution is -2.10. The van der Waals surface area contributed by atoms with Crippen LogP contribution in [-0.2, 0) is 0 Å². The fraction of sp³-hybridized carbons (Fsp3) is 0.0556. The lowest BCUT2D eigenvalue weighted by molar-refractivity contribution is 1.09. The monoisotopic (exact) mass is 304 g/mol. The highest BCUT2D eigenvalue weighted by Gasteiger charge is 2.02. The van der Waals surface area contributed by atoms with Gasteiger partial charge in [0.2, 0.25) is 5.95 Å². The molecule has 0 unspecified atom stereocenters. The lowest BCUT2D eigenvalue weighted by atomic mass is 10.1. The summed E-state index contributed by atoms with van der Waals surface area (Å²) in [5.41, 5.74) is 6.15. The van der Waals surface area contributed by atoms with Crippen molar-refractivity contribution >= 4 is 12.2 Å². The van der Waals surface area contributed by atoms with Crippen molar-refractivity contribution in [2.75, 3.05) is 5.43 Å². The van der Waals surface area contributed by atoms with Crippen LogP contribution < -0.4 is 11.0 Å². The van der Waals surface area contributed by atoms with E-state index in [1.54, 1.807) is 6.21 Å². The molecule has 114 valence electrons. The van der Waals surface area contributed by atoms with E-state index in [0.717, 1.165) is 16.7 Å². The summed E-state index contributed by atoms with van der Waals surface area (Å²) in [6.07, 6.45) is 1.68. The number of aromatic amines is 1. The predicted molar refractivity (Wildman–Crippen MR) is 92.7 cm³/mol. The van der Waals surface area contributed by atoms with Gasteiger partial charge in [-0.3, -0.25) is 9.78 Å². The summed E-state index contributed by atoms with van der Waals surface area (Å²) in [4.78, 5) is 18.8. The number of H-pyrrole nitrogens is 1. The van der Waals surface area contributed by atoms with Crippen LogP contribution in [0.15, 0.2) is 70.6 Å². The smallest absolute Gasteiger partial charge is 0.252 e. The normalized spacial score (nSPS) is 10.8. The molecule has 0 bridgehead atoms. The third kappa shape index (κ3) is 3.91. The van der Waals surface area contributed by atoms with Crippen molar-refractivity contribution in [1.29, 1.82) is 0 Å². The maximum absolute atomic E-state index is 11.8. The van der Waals surface area contributed by atoms with Gasteiger partial charge in [-0.1, -0.05) is 60.2 Å². The summed E-state index contributed by atoms with van der Waals surface area (Å²) in [5.74, 6) is 0.306. The minimum absolute atomic E-state index is 0.230. The van der Waals surface area contributed by atoms with Gasteiger partial charge in [0, 0.05) is 11.6 Å². The minimum Gasteiger partial charge on any atom is -0.291 e. The highest BCUT2D eigenvalue weighted by molar-refractivity contribution is 5.80. The third-order valence-corrected chi connectivity index (χ3v) is 3.24. The molecule has 0 spiro atoms. The third-order valence-electron chi connectivity index (χ3n) is 3.24. The molecule has 0 radical (unpaired) electrons. The molecule has 0 fully saturated rings. The van der Waals surface area contributed by atoms with E-state index in [0.29, 0.717) is 11.6 Å². The molecule has 0 aliphatic heterocycles. The van der Waals surface area contributed by atoms with E-state index in [-0.39, 0.29) is 5.56 Å². The number of hydrogen-bond acceptors (Lipinski definition) is 4. The zero-order valence-electron chi connectivity index (χ0n) is 12.7. The Balaban J connectivity index is 1.81. The van der Waals surface area contributed by atoms with Crippen LogP contribution >= 0.6 is 0 Å². The Morgan fingerprint density at radius 1 is 1.09 bits per heavy atom. The first-order valence-corrected chi connectivity index (χ1v) is 7.23. The summed E-state index contributed by atoms with van der Waals surface area (Å²) in [7, 11) is 0. The number of rotatable bonds is 4. The number of nitrogens with zero attached hydrogens (tertiary/aromatic N) is 2. The zero-order valence-corrected chi connectivity index (χ0v) is 12.7. The highest BCUT2D eigenvalue weighted by Crippen LogP contribution is 2.15. The van der Waals surface area contributed by atoms with E-state index in [1.807, 2.05) is 61.5 Å². The summed E-state index contributed by atoms with van der Waals surface area (Å²) >= 11 is 0. The Hall–Kier alpha value is -3.21. The average molecular weight is 304 g/mol. The van der Waals surface area contributed by atoms with Gasteiger partial charge in [0.25, 0.3) is 5.56 Å². The number of anilines is 1. The molecule has 1 heterocycles. The summed E-state index contributed by atoms with van der Waals surface area (Å²) in [5, 5.41) is 4.12. The second-order valence-electron chi connectivity index (χ2n) is 5.13. The van der Waals surface area contributed by atoms with Crippen molar-refractivity contribution in [3.8, 4) is 11.3 Å². The Bertz CT molecular complexity index is 885. The summed E-state index contributed by atoms with van der Waals surface area (Å²) in [6, 6.07) is 19.0. The van der Waals surface area contributed by atoms with Crippen LogP contribution in [0.2, 0.25) is 0 Å². The number of hydrazone groups is 1. The average Bonchev–Trinajstić information content (AvgIpc) is 2.55. The molecule has 2 aromatic carbocycles. The molecule has 0 atom stereocenters. The van der Waals surface area contributed by atoms with E-state index >= 15 is 0 Å². The Morgan fingerprint density at radius 3 is 2.70 bits per heavy atom. The fourth-order valence-corrected chi connectivity index (χ4v) is 2.19. The van der Waals surface area contributed by atoms with Crippen LogP contribution in [0.4, 0.5) is 5.95 Å². The van der Waals surface area contributed by atoms with Gasteiger partial charge in [0.05, 0.1) is 11.9 Å². The number of aromatic nitrogens is 2. The number of nitrogens with one attached hydrogen (secondary N) is 2. The maximum Gasteiger partial charge on any atom is 0.252 e. The van der Waals surface area contributed by atoms with E-state index in [2.05, 4.69) is 20.5 Å². The lowest BCUT2D eigenvalue weighted by Gasteiger charge is -2.03. The van der Waals surface area contributed by atoms with Gasteiger partial charge in [0.15, 0.2) is 0 Å². The Morgan fingerprint density at radius 2 is 1.91 bits per heavy atom. The van der Waals surface area contributed by atoms with Crippen molar-refractivity contribution in [2.45, 2.75) is 6.92 Å². The van der Waals surface area contributed by atoms with E-state index in [4.69, 9.17) is 0 Å². The molecule has 3 rings (SSSR count). The van der Waals surface area contributed by atoms with Crippen molar-refractivity contribution in [3.05, 3.63) is 82.1 Å². The summed E-state index contributed by atoms with van der Waals surface area (Å²) < 4.78 is 0. The topological polar surface area (TPSA) is 70.1 Å². The van der Waals surface area contributed by atoms with Crippen molar-refractivity contribution in [3.63, 3.8) is 0 Å². The van der Waals surface area contributed by atoms with Gasteiger partial charge in [-0.25, -0.2) is 10.4 Å². The van der Waals surface area contributed by atoms with Gasteiger partial charge in [-0.2, -0.15) is 5.10 Å². The first-order valence-electron chi connectivity index (χ1n) is 7.23. The van der Waals surface area contributed by atoms with Crippen LogP contribution in [0.3, 0.4) is 0 Å². The van der Waals surface area contributed by atoms with Gasteiger partial charge >= 0.3 is 0 Å². The number of benzene rings is 2. The van der Waals surface area contributed by atoms with E-state index in [1.165, 1.54) is 6.07 Å². The Labute approximate surface area is 133 Å². The molecular formula is C18H16N4O. The van der Waals surface area contributed by atoms with Gasteiger partial charge in [-0.15, -0.1) is 0 Å². The van der Waals surface area contributed by atoms with Crippen LogP contribution in [0.5, 0.6) is 0 Å². The van der Waals surface area contributed by atoms with Gasteiger partial charge in [0.1, 0.15) is 0 Å². The van der Waals surface area contributed by atoms with Crippen molar-refractivity contribution in [1.82, 2.24) is 9.97 Å². The quantitative estimate of drug-likeness (QED) is 0.574. The molecule has 2 N–H and O–H groups in total. The molecule has 0 saturated heterocycles. The second-order valence-corrected chi connectivity index (χ2v) is 5.13. The molecule has 0 amide bonds. The van der Waals surface area contributed by atoms with Crippen LogP contribution in [0, 0.1) is 6.92 Å². The molecule has 0 aliphatic carbocycles. The number of hydrogen-bond donors (Lipinski definition) is 2. The molecule has 0 aliphatic rings. The molecule has 5 heteroatoms. The molecule has 1 aromatic heterocycles. The van der Waals surface area contributed by atoms with Gasteiger partial charge < -0.3 is 0 Å². The second kappa shape index (κ2) is 6.70. The predicted octanol–water partition coefficient (Wildman–Crippen LogP) is 3.19. The first-order chi connectivity index (χ1) is 11.2. The Kier molecular flexibility index (Phi) is 4.29. The zero-order chi connectivity index (χ0) is 16.1. The summed E-state index contributed by atoms with van der Waals surface area (Å²) in [6.45, 7) is 2.02. The van der Waals surface area contributed by atoms with Gasteiger partial charge in [-0.05, 0) is 12.5 Å². The van der Waals surface area contributed by atoms with E-state index < -0.39 is 0 Å². The molecule has 5 nitrogen and oxygen atoms in total. The van der Waals surface area contributed by atoms with Crippen LogP contribution in [0.25, 0.3) is 11.3 Å². The molecule has 23 heavy (non-hydrogen) atoms. The molecule has 0 saturated carbocycles. The van der Waals surface area contributed by atoms with Crippen LogP contribution in [0.1, 0.15) is 11.1 Å². The van der Waals surface area contributed by atoms with Crippen molar-refractivity contribution < 1.29 is 0 Å². The maximum atomic E-state index is 11.8. The molecule has 3 aromatic rings. The minimum atomic E-state index is -0.230. The SMILES string of the molecule is Cc1cccc(/C=N\Nc2nc(-c3ccccc3)cc(=O)[nH]2)c1. The molecular weight excluding hydrogens is 288 g/mol. The van der Waals surface area contributed by atoms with Crippen molar-refractivity contribution in [2.24, 2.45) is 5.10 Å². The van der Waals surface area contributed by atoms with Crippen LogP contribution in [-0.4, -0.2) is 16.2 Å². The first kappa shape index (κ1) is 14.7. The highest BCUT2D eigenvalue weighted by atomic mass is 16.1. The largest absolute Gasteiger partial charge is 0.291 e.